The highest BCUT2D eigenvalue weighted by Crippen LogP contribution is 2.27. The van der Waals surface area contributed by atoms with Crippen LogP contribution >= 0.6 is 12.2 Å². The zero-order valence-corrected chi connectivity index (χ0v) is 18.5. The molecule has 0 spiro atoms. The van der Waals surface area contributed by atoms with Gasteiger partial charge in [0.15, 0.2) is 5.11 Å². The lowest BCUT2D eigenvalue weighted by molar-refractivity contribution is 0.0734. The maximum atomic E-state index is 13.1. The number of carbonyl (C=O) groups excluding carboxylic acids is 1. The van der Waals surface area contributed by atoms with E-state index in [1.54, 1.807) is 36.5 Å². The van der Waals surface area contributed by atoms with Crippen LogP contribution in [0.5, 0.6) is 5.75 Å². The van der Waals surface area contributed by atoms with Crippen molar-refractivity contribution in [2.75, 3.05) is 5.32 Å². The number of fused-ring (bicyclic) bond motifs is 1. The Balaban J connectivity index is 1.55. The van der Waals surface area contributed by atoms with Crippen molar-refractivity contribution in [2.45, 2.75) is 6.92 Å². The first kappa shape index (κ1) is 22.1. The summed E-state index contributed by atoms with van der Waals surface area (Å²) >= 11 is 5.24. The number of thiocarbonyl (C=S) groups is 1. The summed E-state index contributed by atoms with van der Waals surface area (Å²) in [5, 5.41) is 9.21. The number of hydrazone groups is 1. The SMILES string of the molecule is Cc1ccc(C(=O)Oc2ccc3ccccc3c2C=NNC(=S)Nc2ccc(F)cc2)cc1. The molecule has 0 fully saturated rings. The summed E-state index contributed by atoms with van der Waals surface area (Å²) in [5.41, 5.74) is 5.50. The van der Waals surface area contributed by atoms with E-state index >= 15 is 0 Å². The van der Waals surface area contributed by atoms with Crippen LogP contribution in [-0.2, 0) is 0 Å². The molecule has 4 aromatic carbocycles. The van der Waals surface area contributed by atoms with E-state index in [0.717, 1.165) is 16.3 Å². The van der Waals surface area contributed by atoms with E-state index in [4.69, 9.17) is 17.0 Å². The summed E-state index contributed by atoms with van der Waals surface area (Å²) in [7, 11) is 0. The van der Waals surface area contributed by atoms with E-state index in [0.29, 0.717) is 22.6 Å². The number of rotatable bonds is 5. The van der Waals surface area contributed by atoms with Gasteiger partial charge in [0.05, 0.1) is 11.8 Å². The molecular formula is C26H20FN3O2S. The van der Waals surface area contributed by atoms with Gasteiger partial charge in [-0.05, 0) is 72.4 Å². The average molecular weight is 458 g/mol. The maximum absolute atomic E-state index is 13.1. The van der Waals surface area contributed by atoms with Crippen molar-refractivity contribution >= 4 is 46.0 Å². The fraction of sp³-hybridized carbons (Fsp3) is 0.0385. The molecule has 0 aromatic heterocycles. The Bertz CT molecular complexity index is 1340. The van der Waals surface area contributed by atoms with E-state index in [1.165, 1.54) is 12.1 Å². The third-order valence-electron chi connectivity index (χ3n) is 4.88. The molecule has 0 amide bonds. The predicted molar refractivity (Wildman–Crippen MR) is 133 cm³/mol. The molecule has 0 radical (unpaired) electrons. The lowest BCUT2D eigenvalue weighted by Gasteiger charge is -2.11. The summed E-state index contributed by atoms with van der Waals surface area (Å²) in [6.45, 7) is 1.95. The smallest absolute Gasteiger partial charge is 0.343 e. The van der Waals surface area contributed by atoms with Gasteiger partial charge in [-0.25, -0.2) is 9.18 Å². The third-order valence-corrected chi connectivity index (χ3v) is 5.08. The Labute approximate surface area is 195 Å². The van der Waals surface area contributed by atoms with Crippen molar-refractivity contribution in [3.8, 4) is 5.75 Å². The van der Waals surface area contributed by atoms with Crippen LogP contribution < -0.4 is 15.5 Å². The highest BCUT2D eigenvalue weighted by molar-refractivity contribution is 7.80. The molecule has 0 atom stereocenters. The largest absolute Gasteiger partial charge is 0.422 e. The summed E-state index contributed by atoms with van der Waals surface area (Å²) in [6.07, 6.45) is 1.55. The van der Waals surface area contributed by atoms with Crippen molar-refractivity contribution in [1.82, 2.24) is 5.43 Å². The number of esters is 1. The molecule has 0 aliphatic carbocycles. The number of carbonyl (C=O) groups is 1. The third kappa shape index (κ3) is 5.58. The first-order valence-electron chi connectivity index (χ1n) is 10.2. The molecule has 7 heteroatoms. The minimum Gasteiger partial charge on any atom is -0.422 e. The van der Waals surface area contributed by atoms with Gasteiger partial charge >= 0.3 is 5.97 Å². The molecule has 0 unspecified atom stereocenters. The van der Waals surface area contributed by atoms with Crippen LogP contribution in [0.2, 0.25) is 0 Å². The number of hydrogen-bond acceptors (Lipinski definition) is 4. The molecule has 2 N–H and O–H groups in total. The number of halogens is 1. The van der Waals surface area contributed by atoms with Crippen LogP contribution in [0.15, 0.2) is 90.0 Å². The van der Waals surface area contributed by atoms with Gasteiger partial charge in [0.1, 0.15) is 11.6 Å². The summed E-state index contributed by atoms with van der Waals surface area (Å²) in [4.78, 5) is 12.7. The number of anilines is 1. The van der Waals surface area contributed by atoms with Gasteiger partial charge in [-0.3, -0.25) is 5.43 Å². The molecule has 164 valence electrons. The zero-order valence-electron chi connectivity index (χ0n) is 17.7. The molecule has 0 saturated heterocycles. The quantitative estimate of drug-likeness (QED) is 0.130. The monoisotopic (exact) mass is 457 g/mol. The van der Waals surface area contributed by atoms with Gasteiger partial charge in [-0.2, -0.15) is 5.10 Å². The molecule has 0 heterocycles. The summed E-state index contributed by atoms with van der Waals surface area (Å²) in [5.74, 6) is -0.412. The van der Waals surface area contributed by atoms with Crippen LogP contribution in [0, 0.1) is 12.7 Å². The van der Waals surface area contributed by atoms with Gasteiger partial charge in [0.25, 0.3) is 0 Å². The number of benzene rings is 4. The number of aryl methyl sites for hydroxylation is 1. The van der Waals surface area contributed by atoms with Crippen molar-refractivity contribution in [2.24, 2.45) is 5.10 Å². The predicted octanol–water partition coefficient (Wildman–Crippen LogP) is 5.83. The Morgan fingerprint density at radius 1 is 0.970 bits per heavy atom. The normalized spacial score (nSPS) is 10.8. The second kappa shape index (κ2) is 10.0. The molecule has 0 bridgehead atoms. The minimum atomic E-state index is -0.457. The van der Waals surface area contributed by atoms with Crippen LogP contribution in [-0.4, -0.2) is 17.3 Å². The van der Waals surface area contributed by atoms with Crippen molar-refractivity contribution < 1.29 is 13.9 Å². The fourth-order valence-electron chi connectivity index (χ4n) is 3.19. The Morgan fingerprint density at radius 2 is 1.70 bits per heavy atom. The number of nitrogens with zero attached hydrogens (tertiary/aromatic N) is 1. The van der Waals surface area contributed by atoms with Crippen molar-refractivity contribution in [3.63, 3.8) is 0 Å². The Morgan fingerprint density at radius 3 is 2.45 bits per heavy atom. The molecule has 0 saturated carbocycles. The summed E-state index contributed by atoms with van der Waals surface area (Å²) < 4.78 is 18.8. The number of nitrogens with one attached hydrogen (secondary N) is 2. The van der Waals surface area contributed by atoms with Crippen LogP contribution in [0.3, 0.4) is 0 Å². The van der Waals surface area contributed by atoms with E-state index in [1.807, 2.05) is 49.4 Å². The molecule has 33 heavy (non-hydrogen) atoms. The van der Waals surface area contributed by atoms with E-state index < -0.39 is 5.97 Å². The molecular weight excluding hydrogens is 437 g/mol. The Kier molecular flexibility index (Phi) is 6.71. The highest BCUT2D eigenvalue weighted by Gasteiger charge is 2.13. The van der Waals surface area contributed by atoms with Gasteiger partial charge in [-0.1, -0.05) is 48.0 Å². The topological polar surface area (TPSA) is 62.7 Å². The standard InChI is InChI=1S/C26H20FN3O2S/c1-17-6-8-19(9-7-17)25(31)32-24-15-10-18-4-2-3-5-22(18)23(24)16-28-30-26(33)29-21-13-11-20(27)12-14-21/h2-16H,1H3,(H2,29,30,33). The molecule has 5 nitrogen and oxygen atoms in total. The van der Waals surface area contributed by atoms with Gasteiger partial charge in [0, 0.05) is 11.3 Å². The maximum Gasteiger partial charge on any atom is 0.343 e. The van der Waals surface area contributed by atoms with Crippen LogP contribution in [0.4, 0.5) is 10.1 Å². The molecule has 4 aromatic rings. The van der Waals surface area contributed by atoms with Gasteiger partial charge in [-0.15, -0.1) is 0 Å². The second-order valence-corrected chi connectivity index (χ2v) is 7.69. The first-order chi connectivity index (χ1) is 16.0. The first-order valence-corrected chi connectivity index (χ1v) is 10.6. The zero-order chi connectivity index (χ0) is 23.2. The molecule has 0 aliphatic rings. The molecule has 4 rings (SSSR count). The van der Waals surface area contributed by atoms with Crippen LogP contribution in [0.25, 0.3) is 10.8 Å². The number of hydrogen-bond donors (Lipinski definition) is 2. The van der Waals surface area contributed by atoms with Gasteiger partial charge in [0.2, 0.25) is 0 Å². The van der Waals surface area contributed by atoms with E-state index in [-0.39, 0.29) is 10.9 Å². The Hall–Kier alpha value is -4.10. The summed E-state index contributed by atoms with van der Waals surface area (Å²) in [6, 6.07) is 24.3. The fourth-order valence-corrected chi connectivity index (χ4v) is 3.36. The number of ether oxygens (including phenoxy) is 1. The van der Waals surface area contributed by atoms with E-state index in [9.17, 15) is 9.18 Å². The van der Waals surface area contributed by atoms with E-state index in [2.05, 4.69) is 15.8 Å². The van der Waals surface area contributed by atoms with Gasteiger partial charge < -0.3 is 10.1 Å². The average Bonchev–Trinajstić information content (AvgIpc) is 2.82. The van der Waals surface area contributed by atoms with Crippen molar-refractivity contribution in [3.05, 3.63) is 107 Å². The lowest BCUT2D eigenvalue weighted by Crippen LogP contribution is -2.23. The second-order valence-electron chi connectivity index (χ2n) is 7.29. The van der Waals surface area contributed by atoms with Crippen molar-refractivity contribution in [1.29, 1.82) is 0 Å². The molecule has 0 aliphatic heterocycles. The lowest BCUT2D eigenvalue weighted by atomic mass is 10.0. The minimum absolute atomic E-state index is 0.233. The van der Waals surface area contributed by atoms with Crippen LogP contribution in [0.1, 0.15) is 21.5 Å². The highest BCUT2D eigenvalue weighted by atomic mass is 32.1.